The van der Waals surface area contributed by atoms with Crippen LogP contribution < -0.4 is 10.1 Å². The highest BCUT2D eigenvalue weighted by molar-refractivity contribution is 5.27. The molecule has 136 valence electrons. The predicted octanol–water partition coefficient (Wildman–Crippen LogP) is 2.84. The molecule has 1 unspecified atom stereocenters. The zero-order valence-electron chi connectivity index (χ0n) is 15.0. The molecule has 1 atom stereocenters. The zero-order chi connectivity index (χ0) is 17.7. The summed E-state index contributed by atoms with van der Waals surface area (Å²) < 4.78 is 11.3. The minimum Gasteiger partial charge on any atom is -0.491 e. The van der Waals surface area contributed by atoms with Crippen molar-refractivity contribution in [1.82, 2.24) is 5.32 Å². The molecule has 0 aromatic heterocycles. The number of hydrogen-bond donors (Lipinski definition) is 2. The summed E-state index contributed by atoms with van der Waals surface area (Å²) in [6.45, 7) is 4.79. The number of nitrogens with one attached hydrogen (secondary N) is 1. The lowest BCUT2D eigenvalue weighted by Crippen LogP contribution is -2.30. The highest BCUT2D eigenvalue weighted by atomic mass is 16.5. The van der Waals surface area contributed by atoms with E-state index in [1.807, 2.05) is 30.3 Å². The molecule has 0 radical (unpaired) electrons. The molecule has 0 aliphatic rings. The molecule has 0 bridgehead atoms. The third-order valence-corrected chi connectivity index (χ3v) is 3.94. The van der Waals surface area contributed by atoms with Crippen LogP contribution in [0.3, 0.4) is 0 Å². The van der Waals surface area contributed by atoms with Gasteiger partial charge in [0.25, 0.3) is 0 Å². The molecule has 0 saturated carbocycles. The molecule has 0 heterocycles. The number of rotatable bonds is 12. The Morgan fingerprint density at radius 3 is 2.40 bits per heavy atom. The minimum atomic E-state index is 0.171. The van der Waals surface area contributed by atoms with Gasteiger partial charge in [-0.3, -0.25) is 0 Å². The fraction of sp³-hybridized carbons (Fsp3) is 0.429. The Hall–Kier alpha value is -1.88. The van der Waals surface area contributed by atoms with E-state index in [4.69, 9.17) is 14.6 Å². The lowest BCUT2D eigenvalue weighted by molar-refractivity contribution is 0.102. The van der Waals surface area contributed by atoms with E-state index >= 15 is 0 Å². The normalized spacial score (nSPS) is 12.1. The van der Waals surface area contributed by atoms with Crippen molar-refractivity contribution in [3.05, 3.63) is 65.7 Å². The van der Waals surface area contributed by atoms with Crippen molar-refractivity contribution in [3.63, 3.8) is 0 Å². The fourth-order valence-corrected chi connectivity index (χ4v) is 2.61. The van der Waals surface area contributed by atoms with Gasteiger partial charge in [-0.2, -0.15) is 0 Å². The van der Waals surface area contributed by atoms with Crippen LogP contribution in [0.4, 0.5) is 0 Å². The Morgan fingerprint density at radius 1 is 0.920 bits per heavy atom. The van der Waals surface area contributed by atoms with Gasteiger partial charge in [-0.15, -0.1) is 0 Å². The van der Waals surface area contributed by atoms with Crippen molar-refractivity contribution in [2.75, 3.05) is 33.0 Å². The molecule has 0 spiro atoms. The van der Waals surface area contributed by atoms with Gasteiger partial charge in [-0.1, -0.05) is 42.5 Å². The molecule has 0 fully saturated rings. The van der Waals surface area contributed by atoms with E-state index in [0.29, 0.717) is 32.4 Å². The molecule has 0 aliphatic carbocycles. The monoisotopic (exact) mass is 343 g/mol. The molecular weight excluding hydrogens is 314 g/mol. The van der Waals surface area contributed by atoms with Gasteiger partial charge in [-0.05, 0) is 43.0 Å². The highest BCUT2D eigenvalue weighted by Crippen LogP contribution is 2.13. The predicted molar refractivity (Wildman–Crippen MR) is 101 cm³/mol. The van der Waals surface area contributed by atoms with E-state index < -0.39 is 0 Å². The Bertz CT molecular complexity index is 571. The van der Waals surface area contributed by atoms with Gasteiger partial charge in [-0.25, -0.2) is 0 Å². The number of aliphatic hydroxyl groups excluding tert-OH is 1. The first-order valence-corrected chi connectivity index (χ1v) is 8.95. The molecule has 2 N–H and O–H groups in total. The maximum Gasteiger partial charge on any atom is 0.119 e. The van der Waals surface area contributed by atoms with Crippen LogP contribution in [-0.4, -0.2) is 44.1 Å². The van der Waals surface area contributed by atoms with Crippen molar-refractivity contribution in [1.29, 1.82) is 0 Å². The molecule has 0 saturated heterocycles. The first-order valence-electron chi connectivity index (χ1n) is 8.95. The molecule has 0 aliphatic heterocycles. The second kappa shape index (κ2) is 11.6. The number of aliphatic hydroxyl groups is 1. The van der Waals surface area contributed by atoms with E-state index in [1.54, 1.807) is 0 Å². The van der Waals surface area contributed by atoms with Gasteiger partial charge >= 0.3 is 0 Å². The Kier molecular flexibility index (Phi) is 9.05. The van der Waals surface area contributed by atoms with Crippen molar-refractivity contribution in [2.24, 2.45) is 0 Å². The summed E-state index contributed by atoms with van der Waals surface area (Å²) in [5, 5.41) is 12.1. The molecule has 25 heavy (non-hydrogen) atoms. The first kappa shape index (κ1) is 19.4. The SMILES string of the molecule is CC(Cc1ccc(OCCOCCc2ccccc2)cc1)NCCO. The van der Waals surface area contributed by atoms with Crippen LogP contribution in [0.5, 0.6) is 5.75 Å². The van der Waals surface area contributed by atoms with Crippen LogP contribution in [0.25, 0.3) is 0 Å². The second-order valence-corrected chi connectivity index (χ2v) is 6.12. The van der Waals surface area contributed by atoms with E-state index in [0.717, 1.165) is 18.6 Å². The van der Waals surface area contributed by atoms with Gasteiger partial charge in [0.05, 0.1) is 19.8 Å². The third kappa shape index (κ3) is 8.16. The van der Waals surface area contributed by atoms with Crippen LogP contribution in [0.1, 0.15) is 18.1 Å². The van der Waals surface area contributed by atoms with Gasteiger partial charge in [0.2, 0.25) is 0 Å². The maximum atomic E-state index is 8.82. The van der Waals surface area contributed by atoms with Crippen LogP contribution in [0.15, 0.2) is 54.6 Å². The van der Waals surface area contributed by atoms with Crippen LogP contribution in [-0.2, 0) is 17.6 Å². The third-order valence-electron chi connectivity index (χ3n) is 3.94. The van der Waals surface area contributed by atoms with E-state index in [2.05, 4.69) is 36.5 Å². The van der Waals surface area contributed by atoms with Gasteiger partial charge in [0.1, 0.15) is 12.4 Å². The average Bonchev–Trinajstić information content (AvgIpc) is 2.65. The largest absolute Gasteiger partial charge is 0.491 e. The molecule has 0 amide bonds. The minimum absolute atomic E-state index is 0.171. The Labute approximate surface area is 150 Å². The molecule has 4 heteroatoms. The van der Waals surface area contributed by atoms with Crippen LogP contribution >= 0.6 is 0 Å². The van der Waals surface area contributed by atoms with Crippen LogP contribution in [0, 0.1) is 0 Å². The van der Waals surface area contributed by atoms with Crippen LogP contribution in [0.2, 0.25) is 0 Å². The van der Waals surface area contributed by atoms with Crippen molar-refractivity contribution in [3.8, 4) is 5.75 Å². The van der Waals surface area contributed by atoms with E-state index in [-0.39, 0.29) is 6.61 Å². The summed E-state index contributed by atoms with van der Waals surface area (Å²) in [5.74, 6) is 0.867. The highest BCUT2D eigenvalue weighted by Gasteiger charge is 2.03. The average molecular weight is 343 g/mol. The summed E-state index contributed by atoms with van der Waals surface area (Å²) in [7, 11) is 0. The summed E-state index contributed by atoms with van der Waals surface area (Å²) in [6.07, 6.45) is 1.86. The number of ether oxygens (including phenoxy) is 2. The second-order valence-electron chi connectivity index (χ2n) is 6.12. The molecule has 2 aromatic carbocycles. The Morgan fingerprint density at radius 2 is 1.68 bits per heavy atom. The van der Waals surface area contributed by atoms with Gasteiger partial charge < -0.3 is 19.9 Å². The number of hydrogen-bond acceptors (Lipinski definition) is 4. The topological polar surface area (TPSA) is 50.7 Å². The molecule has 4 nitrogen and oxygen atoms in total. The van der Waals surface area contributed by atoms with E-state index in [1.165, 1.54) is 11.1 Å². The molecule has 2 rings (SSSR count). The molecular formula is C21H29NO3. The summed E-state index contributed by atoms with van der Waals surface area (Å²) in [5.41, 5.74) is 2.55. The lowest BCUT2D eigenvalue weighted by atomic mass is 10.1. The standard InChI is InChI=1S/C21H29NO3/c1-18(22-12-13-23)17-20-7-9-21(10-8-20)25-16-15-24-14-11-19-5-3-2-4-6-19/h2-10,18,22-23H,11-17H2,1H3. The lowest BCUT2D eigenvalue weighted by Gasteiger charge is -2.13. The smallest absolute Gasteiger partial charge is 0.119 e. The summed E-state index contributed by atoms with van der Waals surface area (Å²) >= 11 is 0. The number of benzene rings is 2. The van der Waals surface area contributed by atoms with Gasteiger partial charge in [0, 0.05) is 12.6 Å². The summed E-state index contributed by atoms with van der Waals surface area (Å²) in [6, 6.07) is 18.9. The Balaban J connectivity index is 1.58. The van der Waals surface area contributed by atoms with Crippen molar-refractivity contribution >= 4 is 0 Å². The van der Waals surface area contributed by atoms with Crippen molar-refractivity contribution in [2.45, 2.75) is 25.8 Å². The quantitative estimate of drug-likeness (QED) is 0.582. The summed E-state index contributed by atoms with van der Waals surface area (Å²) in [4.78, 5) is 0. The van der Waals surface area contributed by atoms with E-state index in [9.17, 15) is 0 Å². The maximum absolute atomic E-state index is 8.82. The first-order chi connectivity index (χ1) is 12.3. The van der Waals surface area contributed by atoms with Crippen molar-refractivity contribution < 1.29 is 14.6 Å². The zero-order valence-corrected chi connectivity index (χ0v) is 15.0. The van der Waals surface area contributed by atoms with Gasteiger partial charge in [0.15, 0.2) is 0 Å². The fourth-order valence-electron chi connectivity index (χ4n) is 2.61. The molecule has 2 aromatic rings.